The van der Waals surface area contributed by atoms with Crippen LogP contribution in [-0.4, -0.2) is 43.7 Å². The molecule has 1 aromatic rings. The monoisotopic (exact) mass is 429 g/mol. The van der Waals surface area contributed by atoms with Gasteiger partial charge in [-0.15, -0.1) is 0 Å². The summed E-state index contributed by atoms with van der Waals surface area (Å²) in [4.78, 5) is 24.0. The second-order valence-corrected chi connectivity index (χ2v) is 7.36. The van der Waals surface area contributed by atoms with E-state index >= 15 is 0 Å². The minimum absolute atomic E-state index is 0.0298. The van der Waals surface area contributed by atoms with Crippen LogP contribution in [-0.2, 0) is 14.3 Å². The van der Waals surface area contributed by atoms with Gasteiger partial charge in [0.05, 0.1) is 11.6 Å². The molecule has 7 nitrogen and oxygen atoms in total. The van der Waals surface area contributed by atoms with Crippen molar-refractivity contribution in [1.29, 1.82) is 0 Å². The van der Waals surface area contributed by atoms with Gasteiger partial charge in [-0.05, 0) is 53.4 Å². The molecule has 0 spiro atoms. The molecule has 1 saturated carbocycles. The minimum Gasteiger partial charge on any atom is -0.483 e. The summed E-state index contributed by atoms with van der Waals surface area (Å²) >= 11 is 3.20. The van der Waals surface area contributed by atoms with Crippen LogP contribution >= 0.6 is 15.9 Å². The SMILES string of the molecule is COC(=O)C1NNC2CCC(NC(=O)COc3ccc(F)cc3Br)CC21. The van der Waals surface area contributed by atoms with Gasteiger partial charge >= 0.3 is 5.97 Å². The first kappa shape index (κ1) is 19.1. The highest BCUT2D eigenvalue weighted by Gasteiger charge is 2.44. The van der Waals surface area contributed by atoms with Gasteiger partial charge in [-0.1, -0.05) is 0 Å². The smallest absolute Gasteiger partial charge is 0.324 e. The summed E-state index contributed by atoms with van der Waals surface area (Å²) in [5, 5.41) is 2.95. The number of carbonyl (C=O) groups excluding carboxylic acids is 2. The molecule has 3 N–H and O–H groups in total. The van der Waals surface area contributed by atoms with Crippen molar-refractivity contribution < 1.29 is 23.5 Å². The lowest BCUT2D eigenvalue weighted by atomic mass is 9.79. The zero-order valence-electron chi connectivity index (χ0n) is 14.3. The fraction of sp³-hybridized carbons (Fsp3) is 0.529. The Hall–Kier alpha value is -1.71. The van der Waals surface area contributed by atoms with E-state index in [1.165, 1.54) is 25.3 Å². The molecule has 1 heterocycles. The van der Waals surface area contributed by atoms with Gasteiger partial charge in [-0.2, -0.15) is 0 Å². The largest absolute Gasteiger partial charge is 0.483 e. The van der Waals surface area contributed by atoms with Crippen molar-refractivity contribution in [3.8, 4) is 5.75 Å². The molecule has 4 atom stereocenters. The van der Waals surface area contributed by atoms with E-state index in [1.807, 2.05) is 0 Å². The highest BCUT2D eigenvalue weighted by Crippen LogP contribution is 2.31. The number of hydrogen-bond donors (Lipinski definition) is 3. The van der Waals surface area contributed by atoms with Crippen molar-refractivity contribution in [2.24, 2.45) is 5.92 Å². The first-order chi connectivity index (χ1) is 12.5. The molecule has 1 saturated heterocycles. The number of halogens is 2. The lowest BCUT2D eigenvalue weighted by Gasteiger charge is -2.32. The Kier molecular flexibility index (Phi) is 6.10. The molecule has 4 unspecified atom stereocenters. The van der Waals surface area contributed by atoms with E-state index in [2.05, 4.69) is 32.1 Å². The van der Waals surface area contributed by atoms with Gasteiger partial charge in [-0.3, -0.25) is 15.0 Å². The van der Waals surface area contributed by atoms with Crippen LogP contribution < -0.4 is 20.9 Å². The van der Waals surface area contributed by atoms with Gasteiger partial charge in [-0.25, -0.2) is 9.82 Å². The zero-order chi connectivity index (χ0) is 18.7. The van der Waals surface area contributed by atoms with Gasteiger partial charge in [0.15, 0.2) is 6.61 Å². The van der Waals surface area contributed by atoms with E-state index in [-0.39, 0.29) is 42.3 Å². The Labute approximate surface area is 159 Å². The molecule has 1 aromatic carbocycles. The van der Waals surface area contributed by atoms with Crippen LogP contribution in [0.15, 0.2) is 22.7 Å². The molecule has 1 aliphatic heterocycles. The third-order valence-electron chi connectivity index (χ3n) is 4.82. The number of fused-ring (bicyclic) bond motifs is 1. The standard InChI is InChI=1S/C17H21BrFN3O4/c1-25-17(24)16-11-7-10(3-4-13(11)21-22-16)20-15(23)8-26-14-5-2-9(19)6-12(14)18/h2,5-6,10-11,13,16,21-22H,3-4,7-8H2,1H3,(H,20,23). The summed E-state index contributed by atoms with van der Waals surface area (Å²) in [7, 11) is 1.37. The number of hydrogen-bond acceptors (Lipinski definition) is 6. The first-order valence-corrected chi connectivity index (χ1v) is 9.23. The molecule has 0 bridgehead atoms. The van der Waals surface area contributed by atoms with E-state index in [0.717, 1.165) is 12.8 Å². The zero-order valence-corrected chi connectivity index (χ0v) is 15.8. The predicted octanol–water partition coefficient (Wildman–Crippen LogP) is 1.27. The Morgan fingerprint density at radius 3 is 2.88 bits per heavy atom. The number of benzene rings is 1. The second-order valence-electron chi connectivity index (χ2n) is 6.50. The summed E-state index contributed by atoms with van der Waals surface area (Å²) in [6.45, 7) is -0.161. The first-order valence-electron chi connectivity index (χ1n) is 8.44. The van der Waals surface area contributed by atoms with Crippen molar-refractivity contribution in [3.05, 3.63) is 28.5 Å². The fourth-order valence-electron chi connectivity index (χ4n) is 3.55. The maximum Gasteiger partial charge on any atom is 0.324 e. The quantitative estimate of drug-likeness (QED) is 0.610. The Morgan fingerprint density at radius 2 is 2.15 bits per heavy atom. The topological polar surface area (TPSA) is 88.7 Å². The number of rotatable bonds is 5. The van der Waals surface area contributed by atoms with Gasteiger partial charge in [0.25, 0.3) is 5.91 Å². The van der Waals surface area contributed by atoms with Crippen molar-refractivity contribution in [2.75, 3.05) is 13.7 Å². The highest BCUT2D eigenvalue weighted by atomic mass is 79.9. The number of esters is 1. The van der Waals surface area contributed by atoms with Crippen LogP contribution in [0.3, 0.4) is 0 Å². The van der Waals surface area contributed by atoms with Gasteiger partial charge < -0.3 is 14.8 Å². The maximum absolute atomic E-state index is 13.1. The van der Waals surface area contributed by atoms with Crippen LogP contribution in [0, 0.1) is 11.7 Å². The Balaban J connectivity index is 1.51. The molecule has 0 aromatic heterocycles. The molecular weight excluding hydrogens is 409 g/mol. The Morgan fingerprint density at radius 1 is 1.35 bits per heavy atom. The van der Waals surface area contributed by atoms with Crippen LogP contribution in [0.2, 0.25) is 0 Å². The normalized spacial score (nSPS) is 27.5. The number of ether oxygens (including phenoxy) is 2. The van der Waals surface area contributed by atoms with Crippen LogP contribution in [0.4, 0.5) is 4.39 Å². The summed E-state index contributed by atoms with van der Waals surface area (Å²) in [6.07, 6.45) is 2.34. The van der Waals surface area contributed by atoms with Crippen molar-refractivity contribution >= 4 is 27.8 Å². The molecule has 142 valence electrons. The minimum atomic E-state index is -0.406. The molecule has 3 rings (SSSR count). The number of carbonyl (C=O) groups is 2. The van der Waals surface area contributed by atoms with E-state index in [0.29, 0.717) is 16.6 Å². The number of nitrogens with one attached hydrogen (secondary N) is 3. The highest BCUT2D eigenvalue weighted by molar-refractivity contribution is 9.10. The summed E-state index contributed by atoms with van der Waals surface area (Å²) in [5.41, 5.74) is 6.11. The molecule has 1 aliphatic carbocycles. The molecule has 2 aliphatic rings. The average Bonchev–Trinajstić information content (AvgIpc) is 3.03. The third kappa shape index (κ3) is 4.33. The van der Waals surface area contributed by atoms with E-state index in [9.17, 15) is 14.0 Å². The number of hydrazine groups is 1. The summed E-state index contributed by atoms with van der Waals surface area (Å²) < 4.78 is 23.8. The summed E-state index contributed by atoms with van der Waals surface area (Å²) in [6, 6.07) is 3.77. The predicted molar refractivity (Wildman–Crippen MR) is 94.7 cm³/mol. The Bertz CT molecular complexity index is 690. The van der Waals surface area contributed by atoms with Crippen molar-refractivity contribution in [2.45, 2.75) is 37.4 Å². The number of amides is 1. The lowest BCUT2D eigenvalue weighted by Crippen LogP contribution is -2.47. The average molecular weight is 430 g/mol. The molecule has 0 radical (unpaired) electrons. The second kappa shape index (κ2) is 8.32. The molecule has 9 heteroatoms. The van der Waals surface area contributed by atoms with Gasteiger partial charge in [0.1, 0.15) is 17.6 Å². The lowest BCUT2D eigenvalue weighted by molar-refractivity contribution is -0.144. The number of methoxy groups -OCH3 is 1. The molecule has 26 heavy (non-hydrogen) atoms. The van der Waals surface area contributed by atoms with Crippen LogP contribution in [0.25, 0.3) is 0 Å². The van der Waals surface area contributed by atoms with E-state index in [1.54, 1.807) is 0 Å². The van der Waals surface area contributed by atoms with Crippen molar-refractivity contribution in [1.82, 2.24) is 16.2 Å². The van der Waals surface area contributed by atoms with Crippen LogP contribution in [0.5, 0.6) is 5.75 Å². The van der Waals surface area contributed by atoms with E-state index < -0.39 is 6.04 Å². The van der Waals surface area contributed by atoms with Gasteiger partial charge in [0, 0.05) is 18.0 Å². The van der Waals surface area contributed by atoms with E-state index in [4.69, 9.17) is 9.47 Å². The summed E-state index contributed by atoms with van der Waals surface area (Å²) in [5.74, 6) is -0.474. The van der Waals surface area contributed by atoms with Crippen LogP contribution in [0.1, 0.15) is 19.3 Å². The van der Waals surface area contributed by atoms with Crippen molar-refractivity contribution in [3.63, 3.8) is 0 Å². The fourth-order valence-corrected chi connectivity index (χ4v) is 4.02. The van der Waals surface area contributed by atoms with Gasteiger partial charge in [0.2, 0.25) is 0 Å². The molecular formula is C17H21BrFN3O4. The maximum atomic E-state index is 13.1. The molecule has 2 fully saturated rings. The third-order valence-corrected chi connectivity index (χ3v) is 5.44. The molecule has 1 amide bonds.